The minimum atomic E-state index is -0.609. The SMILES string of the molecule is O=Cc1cccn2c(-c3nc(Cl)ncc3F)cnc12. The van der Waals surface area contributed by atoms with E-state index in [9.17, 15) is 9.18 Å². The highest BCUT2D eigenvalue weighted by molar-refractivity contribution is 6.28. The van der Waals surface area contributed by atoms with E-state index >= 15 is 0 Å². The third kappa shape index (κ3) is 1.86. The van der Waals surface area contributed by atoms with E-state index in [0.717, 1.165) is 6.20 Å². The summed E-state index contributed by atoms with van der Waals surface area (Å²) in [4.78, 5) is 22.4. The van der Waals surface area contributed by atoms with Gasteiger partial charge in [-0.05, 0) is 23.7 Å². The van der Waals surface area contributed by atoms with E-state index < -0.39 is 5.82 Å². The predicted molar refractivity (Wildman–Crippen MR) is 66.6 cm³/mol. The quantitative estimate of drug-likeness (QED) is 0.533. The largest absolute Gasteiger partial charge is 0.298 e. The maximum Gasteiger partial charge on any atom is 0.223 e. The summed E-state index contributed by atoms with van der Waals surface area (Å²) in [5, 5.41) is -0.0575. The number of halogens is 2. The summed E-state index contributed by atoms with van der Waals surface area (Å²) < 4.78 is 15.3. The van der Waals surface area contributed by atoms with Crippen LogP contribution in [-0.2, 0) is 0 Å². The number of aldehydes is 1. The molecule has 0 aliphatic carbocycles. The van der Waals surface area contributed by atoms with Crippen molar-refractivity contribution in [2.75, 3.05) is 0 Å². The molecule has 7 heteroatoms. The lowest BCUT2D eigenvalue weighted by Gasteiger charge is -2.03. The van der Waals surface area contributed by atoms with Crippen molar-refractivity contribution in [1.82, 2.24) is 19.4 Å². The van der Waals surface area contributed by atoms with E-state index in [1.54, 1.807) is 22.7 Å². The summed E-state index contributed by atoms with van der Waals surface area (Å²) in [6.07, 6.45) is 4.78. The maximum atomic E-state index is 13.7. The van der Waals surface area contributed by atoms with Crippen molar-refractivity contribution in [2.45, 2.75) is 0 Å². The van der Waals surface area contributed by atoms with Crippen LogP contribution in [0, 0.1) is 5.82 Å². The number of fused-ring (bicyclic) bond motifs is 1. The van der Waals surface area contributed by atoms with E-state index in [1.165, 1.54) is 6.20 Å². The minimum Gasteiger partial charge on any atom is -0.298 e. The Balaban J connectivity index is 2.32. The second-order valence-electron chi connectivity index (χ2n) is 3.75. The highest BCUT2D eigenvalue weighted by Gasteiger charge is 2.14. The van der Waals surface area contributed by atoms with Gasteiger partial charge in [-0.25, -0.2) is 19.3 Å². The molecule has 0 atom stereocenters. The van der Waals surface area contributed by atoms with Crippen LogP contribution in [0.4, 0.5) is 4.39 Å². The van der Waals surface area contributed by atoms with Crippen LogP contribution in [0.15, 0.2) is 30.7 Å². The van der Waals surface area contributed by atoms with Gasteiger partial charge in [-0.15, -0.1) is 0 Å². The fourth-order valence-electron chi connectivity index (χ4n) is 1.83. The Hall–Kier alpha value is -2.34. The van der Waals surface area contributed by atoms with Gasteiger partial charge in [0.25, 0.3) is 0 Å². The van der Waals surface area contributed by atoms with Crippen molar-refractivity contribution >= 4 is 23.5 Å². The van der Waals surface area contributed by atoms with Gasteiger partial charge in [0.2, 0.25) is 5.28 Å². The lowest BCUT2D eigenvalue weighted by atomic mass is 10.3. The van der Waals surface area contributed by atoms with Gasteiger partial charge in [0, 0.05) is 6.20 Å². The predicted octanol–water partition coefficient (Wildman–Crippen LogP) is 2.40. The van der Waals surface area contributed by atoms with Crippen molar-refractivity contribution in [1.29, 1.82) is 0 Å². The van der Waals surface area contributed by atoms with Gasteiger partial charge in [0.15, 0.2) is 12.1 Å². The monoisotopic (exact) mass is 276 g/mol. The molecule has 0 saturated carbocycles. The third-order valence-electron chi connectivity index (χ3n) is 2.65. The lowest BCUT2D eigenvalue weighted by Crippen LogP contribution is -1.97. The molecule has 94 valence electrons. The number of carbonyl (C=O) groups excluding carboxylic acids is 1. The number of hydrogen-bond donors (Lipinski definition) is 0. The smallest absolute Gasteiger partial charge is 0.223 e. The number of carbonyl (C=O) groups is 1. The zero-order valence-electron chi connectivity index (χ0n) is 9.42. The second-order valence-corrected chi connectivity index (χ2v) is 4.09. The van der Waals surface area contributed by atoms with Gasteiger partial charge in [0.05, 0.1) is 23.7 Å². The molecule has 0 N–H and O–H groups in total. The second kappa shape index (κ2) is 4.40. The van der Waals surface area contributed by atoms with E-state index in [-0.39, 0.29) is 11.0 Å². The Morgan fingerprint density at radius 1 is 1.32 bits per heavy atom. The molecule has 3 aromatic rings. The Bertz CT molecular complexity index is 786. The third-order valence-corrected chi connectivity index (χ3v) is 2.83. The van der Waals surface area contributed by atoms with Crippen LogP contribution >= 0.6 is 11.6 Å². The molecule has 0 spiro atoms. The first-order chi connectivity index (χ1) is 9.20. The zero-order valence-corrected chi connectivity index (χ0v) is 10.2. The number of aromatic nitrogens is 4. The summed E-state index contributed by atoms with van der Waals surface area (Å²) in [6, 6.07) is 3.30. The highest BCUT2D eigenvalue weighted by atomic mass is 35.5. The summed E-state index contributed by atoms with van der Waals surface area (Å²) in [5.41, 5.74) is 1.28. The Morgan fingerprint density at radius 2 is 2.16 bits per heavy atom. The van der Waals surface area contributed by atoms with Crippen LogP contribution < -0.4 is 0 Å². The van der Waals surface area contributed by atoms with Crippen molar-refractivity contribution in [3.8, 4) is 11.4 Å². The Morgan fingerprint density at radius 3 is 2.95 bits per heavy atom. The molecule has 0 aromatic carbocycles. The molecule has 5 nitrogen and oxygen atoms in total. The molecule has 0 fully saturated rings. The molecule has 0 saturated heterocycles. The summed E-state index contributed by atoms with van der Waals surface area (Å²) in [7, 11) is 0. The fraction of sp³-hybridized carbons (Fsp3) is 0. The van der Waals surface area contributed by atoms with Crippen LogP contribution in [0.5, 0.6) is 0 Å². The molecule has 3 aromatic heterocycles. The average Bonchev–Trinajstić information content (AvgIpc) is 2.85. The topological polar surface area (TPSA) is 60.2 Å². The van der Waals surface area contributed by atoms with Crippen molar-refractivity contribution in [3.05, 3.63) is 47.4 Å². The normalized spacial score (nSPS) is 10.8. The van der Waals surface area contributed by atoms with Crippen LogP contribution in [0.1, 0.15) is 10.4 Å². The van der Waals surface area contributed by atoms with Crippen molar-refractivity contribution in [2.24, 2.45) is 0 Å². The molecule has 0 amide bonds. The Kier molecular flexibility index (Phi) is 2.72. The van der Waals surface area contributed by atoms with E-state index in [1.807, 2.05) is 0 Å². The van der Waals surface area contributed by atoms with E-state index in [0.29, 0.717) is 23.2 Å². The van der Waals surface area contributed by atoms with Gasteiger partial charge in [-0.1, -0.05) is 0 Å². The van der Waals surface area contributed by atoms with Gasteiger partial charge >= 0.3 is 0 Å². The molecule has 3 rings (SSSR count). The van der Waals surface area contributed by atoms with Crippen LogP contribution in [0.3, 0.4) is 0 Å². The van der Waals surface area contributed by atoms with Gasteiger partial charge in [-0.3, -0.25) is 9.20 Å². The van der Waals surface area contributed by atoms with Crippen molar-refractivity contribution < 1.29 is 9.18 Å². The van der Waals surface area contributed by atoms with Crippen molar-refractivity contribution in [3.63, 3.8) is 0 Å². The molecule has 0 aliphatic rings. The zero-order chi connectivity index (χ0) is 13.4. The fourth-order valence-corrected chi connectivity index (χ4v) is 1.96. The van der Waals surface area contributed by atoms with Crippen LogP contribution in [0.2, 0.25) is 5.28 Å². The van der Waals surface area contributed by atoms with Crippen LogP contribution in [0.25, 0.3) is 17.0 Å². The molecule has 0 bridgehead atoms. The lowest BCUT2D eigenvalue weighted by molar-refractivity contribution is 0.112. The first-order valence-electron chi connectivity index (χ1n) is 5.30. The molecule has 3 heterocycles. The molecule has 0 radical (unpaired) electrons. The van der Waals surface area contributed by atoms with Gasteiger partial charge in [0.1, 0.15) is 11.3 Å². The number of hydrogen-bond acceptors (Lipinski definition) is 4. The number of pyridine rings is 1. The number of nitrogens with zero attached hydrogens (tertiary/aromatic N) is 4. The summed E-state index contributed by atoms with van der Waals surface area (Å²) >= 11 is 5.67. The summed E-state index contributed by atoms with van der Waals surface area (Å²) in [6.45, 7) is 0. The van der Waals surface area contributed by atoms with Gasteiger partial charge < -0.3 is 0 Å². The first kappa shape index (κ1) is 11.7. The molecule has 19 heavy (non-hydrogen) atoms. The van der Waals surface area contributed by atoms with E-state index in [2.05, 4.69) is 15.0 Å². The Labute approximate surface area is 111 Å². The summed E-state index contributed by atoms with van der Waals surface area (Å²) in [5.74, 6) is -0.609. The van der Waals surface area contributed by atoms with Crippen LogP contribution in [-0.4, -0.2) is 25.6 Å². The van der Waals surface area contributed by atoms with Gasteiger partial charge in [-0.2, -0.15) is 0 Å². The highest BCUT2D eigenvalue weighted by Crippen LogP contribution is 2.23. The number of imidazole rings is 1. The standard InChI is InChI=1S/C12H6ClFN4O/c13-12-16-4-8(14)10(17-12)9-5-15-11-7(6-19)2-1-3-18(9)11/h1-6H. The minimum absolute atomic E-state index is 0.0375. The molecule has 0 aliphatic heterocycles. The molecular formula is C12H6ClFN4O. The first-order valence-corrected chi connectivity index (χ1v) is 5.68. The number of rotatable bonds is 2. The van der Waals surface area contributed by atoms with E-state index in [4.69, 9.17) is 11.6 Å². The maximum absolute atomic E-state index is 13.7. The molecule has 0 unspecified atom stereocenters. The molecular weight excluding hydrogens is 271 g/mol. The average molecular weight is 277 g/mol.